The van der Waals surface area contributed by atoms with Gasteiger partial charge in [0.15, 0.2) is 0 Å². The minimum Gasteiger partial charge on any atom is -0.347 e. The highest BCUT2D eigenvalue weighted by molar-refractivity contribution is 5.38. The van der Waals surface area contributed by atoms with E-state index in [0.717, 1.165) is 12.2 Å². The highest BCUT2D eigenvalue weighted by Gasteiger charge is 2.09. The third kappa shape index (κ3) is 2.79. The van der Waals surface area contributed by atoms with Gasteiger partial charge in [-0.25, -0.2) is 4.98 Å². The van der Waals surface area contributed by atoms with Crippen LogP contribution in [0.1, 0.15) is 40.9 Å². The highest BCUT2D eigenvalue weighted by Crippen LogP contribution is 2.21. The molecular formula is C15H21N3. The lowest BCUT2D eigenvalue weighted by molar-refractivity contribution is 0.566. The van der Waals surface area contributed by atoms with Crippen LogP contribution < -0.4 is 5.32 Å². The Balaban J connectivity index is 2.09. The molecule has 96 valence electrons. The average Bonchev–Trinajstić information content (AvgIpc) is 2.84. The van der Waals surface area contributed by atoms with Gasteiger partial charge in [0.1, 0.15) is 0 Å². The van der Waals surface area contributed by atoms with Crippen molar-refractivity contribution >= 4 is 0 Å². The van der Waals surface area contributed by atoms with Gasteiger partial charge >= 0.3 is 0 Å². The Kier molecular flexibility index (Phi) is 3.82. The lowest BCUT2D eigenvalue weighted by Gasteiger charge is -2.18. The molecule has 0 bridgehead atoms. The maximum Gasteiger partial charge on any atom is 0.0922 e. The van der Waals surface area contributed by atoms with Crippen LogP contribution in [0.3, 0.4) is 0 Å². The van der Waals surface area contributed by atoms with E-state index in [-0.39, 0.29) is 0 Å². The molecule has 0 radical (unpaired) electrons. The third-order valence-corrected chi connectivity index (χ3v) is 3.50. The molecule has 2 aromatic rings. The van der Waals surface area contributed by atoms with Crippen molar-refractivity contribution in [2.24, 2.45) is 0 Å². The number of aromatic nitrogens is 2. The second-order valence-corrected chi connectivity index (χ2v) is 4.97. The zero-order chi connectivity index (χ0) is 13.1. The Morgan fingerprint density at radius 2 is 1.89 bits per heavy atom. The molecule has 1 aromatic heterocycles. The topological polar surface area (TPSA) is 40.7 Å². The van der Waals surface area contributed by atoms with Gasteiger partial charge in [-0.05, 0) is 49.9 Å². The van der Waals surface area contributed by atoms with Crippen LogP contribution in [0, 0.1) is 20.8 Å². The molecular weight excluding hydrogens is 222 g/mol. The molecule has 0 amide bonds. The fourth-order valence-electron chi connectivity index (χ4n) is 2.20. The van der Waals surface area contributed by atoms with E-state index in [2.05, 4.69) is 55.1 Å². The van der Waals surface area contributed by atoms with Gasteiger partial charge in [-0.2, -0.15) is 0 Å². The van der Waals surface area contributed by atoms with Crippen molar-refractivity contribution in [2.45, 2.75) is 40.3 Å². The monoisotopic (exact) mass is 243 g/mol. The van der Waals surface area contributed by atoms with E-state index in [9.17, 15) is 0 Å². The number of nitrogens with zero attached hydrogens (tertiary/aromatic N) is 1. The first-order valence-corrected chi connectivity index (χ1v) is 6.36. The van der Waals surface area contributed by atoms with Crippen LogP contribution in [0.5, 0.6) is 0 Å². The number of aryl methyl sites for hydroxylation is 3. The summed E-state index contributed by atoms with van der Waals surface area (Å²) in [6.07, 6.45) is 3.57. The van der Waals surface area contributed by atoms with Crippen molar-refractivity contribution in [2.75, 3.05) is 0 Å². The lowest BCUT2D eigenvalue weighted by atomic mass is 9.96. The van der Waals surface area contributed by atoms with Crippen LogP contribution in [0.15, 0.2) is 24.7 Å². The van der Waals surface area contributed by atoms with Crippen molar-refractivity contribution in [1.82, 2.24) is 15.3 Å². The molecule has 0 saturated heterocycles. The van der Waals surface area contributed by atoms with Gasteiger partial charge in [-0.1, -0.05) is 12.1 Å². The quantitative estimate of drug-likeness (QED) is 0.866. The van der Waals surface area contributed by atoms with E-state index in [1.54, 1.807) is 6.33 Å². The number of hydrogen-bond acceptors (Lipinski definition) is 2. The van der Waals surface area contributed by atoms with Crippen molar-refractivity contribution in [1.29, 1.82) is 0 Å². The molecule has 0 saturated carbocycles. The van der Waals surface area contributed by atoms with E-state index < -0.39 is 0 Å². The first kappa shape index (κ1) is 12.8. The van der Waals surface area contributed by atoms with Crippen LogP contribution >= 0.6 is 0 Å². The molecule has 3 heteroatoms. The van der Waals surface area contributed by atoms with Crippen LogP contribution in [0.2, 0.25) is 0 Å². The highest BCUT2D eigenvalue weighted by atomic mass is 15.0. The molecule has 0 spiro atoms. The number of imidazole rings is 1. The number of benzene rings is 1. The van der Waals surface area contributed by atoms with Crippen molar-refractivity contribution in [3.05, 3.63) is 52.6 Å². The average molecular weight is 243 g/mol. The number of H-pyrrole nitrogens is 1. The summed E-state index contributed by atoms with van der Waals surface area (Å²) in [4.78, 5) is 7.13. The summed E-state index contributed by atoms with van der Waals surface area (Å²) in [6.45, 7) is 9.52. The minimum absolute atomic E-state index is 0.340. The van der Waals surface area contributed by atoms with Gasteiger partial charge in [0.2, 0.25) is 0 Å². The molecule has 0 aliphatic carbocycles. The third-order valence-electron chi connectivity index (χ3n) is 3.50. The second-order valence-electron chi connectivity index (χ2n) is 4.97. The molecule has 2 N–H and O–H groups in total. The zero-order valence-electron chi connectivity index (χ0n) is 11.5. The van der Waals surface area contributed by atoms with Gasteiger partial charge in [0, 0.05) is 24.5 Å². The molecule has 2 rings (SSSR count). The maximum atomic E-state index is 4.02. The van der Waals surface area contributed by atoms with Gasteiger partial charge in [-0.15, -0.1) is 0 Å². The minimum atomic E-state index is 0.340. The number of rotatable bonds is 4. The Hall–Kier alpha value is -1.61. The summed E-state index contributed by atoms with van der Waals surface area (Å²) in [5.41, 5.74) is 6.55. The van der Waals surface area contributed by atoms with Crippen LogP contribution in [-0.4, -0.2) is 9.97 Å². The number of nitrogens with one attached hydrogen (secondary N) is 2. The molecule has 0 aliphatic heterocycles. The van der Waals surface area contributed by atoms with E-state index in [1.807, 2.05) is 6.20 Å². The normalized spacial score (nSPS) is 12.7. The predicted molar refractivity (Wildman–Crippen MR) is 74.5 cm³/mol. The number of aromatic amines is 1. The van der Waals surface area contributed by atoms with E-state index in [1.165, 1.54) is 22.3 Å². The first-order chi connectivity index (χ1) is 8.58. The van der Waals surface area contributed by atoms with E-state index in [4.69, 9.17) is 0 Å². The van der Waals surface area contributed by atoms with Gasteiger partial charge < -0.3 is 10.3 Å². The van der Waals surface area contributed by atoms with E-state index >= 15 is 0 Å². The molecule has 1 aromatic carbocycles. The predicted octanol–water partition coefficient (Wildman–Crippen LogP) is 3.19. The molecule has 1 heterocycles. The maximum absolute atomic E-state index is 4.02. The Morgan fingerprint density at radius 3 is 2.56 bits per heavy atom. The summed E-state index contributed by atoms with van der Waals surface area (Å²) in [5.74, 6) is 0. The fourth-order valence-corrected chi connectivity index (χ4v) is 2.20. The molecule has 3 nitrogen and oxygen atoms in total. The summed E-state index contributed by atoms with van der Waals surface area (Å²) in [5, 5.41) is 3.52. The first-order valence-electron chi connectivity index (χ1n) is 6.36. The molecule has 0 fully saturated rings. The molecule has 1 unspecified atom stereocenters. The zero-order valence-corrected chi connectivity index (χ0v) is 11.5. The number of hydrogen-bond donors (Lipinski definition) is 2. The smallest absolute Gasteiger partial charge is 0.0922 e. The Bertz CT molecular complexity index is 515. The van der Waals surface area contributed by atoms with Gasteiger partial charge in [0.05, 0.1) is 6.33 Å². The molecule has 18 heavy (non-hydrogen) atoms. The fraction of sp³-hybridized carbons (Fsp3) is 0.400. The summed E-state index contributed by atoms with van der Waals surface area (Å²) < 4.78 is 0. The second kappa shape index (κ2) is 5.36. The van der Waals surface area contributed by atoms with Gasteiger partial charge in [-0.3, -0.25) is 0 Å². The lowest BCUT2D eigenvalue weighted by Crippen LogP contribution is -2.19. The van der Waals surface area contributed by atoms with Crippen LogP contribution in [0.4, 0.5) is 0 Å². The molecule has 0 aliphatic rings. The van der Waals surface area contributed by atoms with Crippen LogP contribution in [0.25, 0.3) is 0 Å². The summed E-state index contributed by atoms with van der Waals surface area (Å²) in [6, 6.07) is 4.89. The Labute approximate surface area is 109 Å². The molecule has 1 atom stereocenters. The summed E-state index contributed by atoms with van der Waals surface area (Å²) in [7, 11) is 0. The van der Waals surface area contributed by atoms with Gasteiger partial charge in [0.25, 0.3) is 0 Å². The van der Waals surface area contributed by atoms with Crippen molar-refractivity contribution < 1.29 is 0 Å². The van der Waals surface area contributed by atoms with Crippen molar-refractivity contribution in [3.8, 4) is 0 Å². The Morgan fingerprint density at radius 1 is 1.17 bits per heavy atom. The van der Waals surface area contributed by atoms with E-state index in [0.29, 0.717) is 6.04 Å². The standard InChI is InChI=1S/C15H21N3/c1-10-5-12(3)15(6-11(10)2)13(4)17-8-14-7-16-9-18-14/h5-7,9,13,17H,8H2,1-4H3,(H,16,18). The largest absolute Gasteiger partial charge is 0.347 e. The van der Waals surface area contributed by atoms with Crippen LogP contribution in [-0.2, 0) is 6.54 Å². The van der Waals surface area contributed by atoms with Crippen molar-refractivity contribution in [3.63, 3.8) is 0 Å². The SMILES string of the molecule is Cc1cc(C)c(C(C)NCc2cnc[nH]2)cc1C. The summed E-state index contributed by atoms with van der Waals surface area (Å²) >= 11 is 0.